The molecule has 0 N–H and O–H groups in total. The molecule has 210 valence electrons. The van der Waals surface area contributed by atoms with Gasteiger partial charge in [0.2, 0.25) is 11.8 Å². The molecule has 1 fully saturated rings. The molecule has 0 aromatic heterocycles. The van der Waals surface area contributed by atoms with Crippen molar-refractivity contribution < 1.29 is 19.1 Å². The first-order valence-corrected chi connectivity index (χ1v) is 15.2. The molecule has 1 aliphatic heterocycles. The standard InChI is InChI=1S/C34H24BrCl2NO4/c35-22-16-14-21(15-17-22)19-42-32(41)27(18-20-8-2-1-3-9-20)38-30(39)28-29(31(38)40)34(37)24-11-5-4-10-23(24)33(28,36)25-12-6-7-13-26(25)34/h1-17,27-29H,18-19H2/t27-,28-,29+,33?,34?/m0/s1. The number of imide groups is 1. The van der Waals surface area contributed by atoms with Crippen LogP contribution >= 0.6 is 39.1 Å². The smallest absolute Gasteiger partial charge is 0.330 e. The maximum atomic E-state index is 14.5. The lowest BCUT2D eigenvalue weighted by Gasteiger charge is -2.54. The van der Waals surface area contributed by atoms with Crippen molar-refractivity contribution in [3.8, 4) is 0 Å². The fourth-order valence-electron chi connectivity index (χ4n) is 6.94. The highest BCUT2D eigenvalue weighted by molar-refractivity contribution is 9.10. The Morgan fingerprint density at radius 1 is 0.714 bits per heavy atom. The van der Waals surface area contributed by atoms with Gasteiger partial charge in [0.15, 0.2) is 0 Å². The van der Waals surface area contributed by atoms with Crippen LogP contribution < -0.4 is 0 Å². The average Bonchev–Trinajstić information content (AvgIpc) is 3.29. The molecule has 3 atom stereocenters. The van der Waals surface area contributed by atoms with E-state index in [1.54, 1.807) is 0 Å². The first kappa shape index (κ1) is 27.4. The normalized spacial score (nSPS) is 25.9. The summed E-state index contributed by atoms with van der Waals surface area (Å²) in [6.07, 6.45) is 0.0986. The Labute approximate surface area is 261 Å². The van der Waals surface area contributed by atoms with Crippen LogP contribution in [0, 0.1) is 11.8 Å². The summed E-state index contributed by atoms with van der Waals surface area (Å²) < 4.78 is 6.64. The zero-order valence-electron chi connectivity index (χ0n) is 22.2. The van der Waals surface area contributed by atoms with Crippen LogP contribution in [0.1, 0.15) is 33.4 Å². The van der Waals surface area contributed by atoms with Gasteiger partial charge in [0, 0.05) is 10.9 Å². The van der Waals surface area contributed by atoms with E-state index in [0.717, 1.165) is 20.5 Å². The highest BCUT2D eigenvalue weighted by Gasteiger charge is 2.73. The Morgan fingerprint density at radius 3 is 1.64 bits per heavy atom. The first-order valence-electron chi connectivity index (χ1n) is 13.7. The number of rotatable bonds is 6. The third-order valence-corrected chi connectivity index (χ3v) is 10.6. The van der Waals surface area contributed by atoms with Crippen molar-refractivity contribution in [2.75, 3.05) is 0 Å². The van der Waals surface area contributed by atoms with Crippen LogP contribution in [0.5, 0.6) is 0 Å². The van der Waals surface area contributed by atoms with Crippen LogP contribution in [0.25, 0.3) is 0 Å². The predicted octanol–water partition coefficient (Wildman–Crippen LogP) is 6.70. The van der Waals surface area contributed by atoms with Gasteiger partial charge in [-0.15, -0.1) is 23.2 Å². The monoisotopic (exact) mass is 659 g/mol. The number of carbonyl (C=O) groups is 3. The van der Waals surface area contributed by atoms with Gasteiger partial charge >= 0.3 is 5.97 Å². The SMILES string of the molecule is O=C(OCc1ccc(Br)cc1)[C@H](Cc1ccccc1)N1C(=O)[C@@H]2[C@H](C1=O)C1(Cl)c3ccccc3C2(Cl)c2ccccc21. The molecule has 42 heavy (non-hydrogen) atoms. The predicted molar refractivity (Wildman–Crippen MR) is 163 cm³/mol. The van der Waals surface area contributed by atoms with E-state index < -0.39 is 45.4 Å². The molecule has 8 rings (SSSR count). The first-order chi connectivity index (χ1) is 20.3. The van der Waals surface area contributed by atoms with Gasteiger partial charge in [0.05, 0.1) is 11.8 Å². The maximum Gasteiger partial charge on any atom is 0.330 e. The third-order valence-electron chi connectivity index (χ3n) is 8.77. The van der Waals surface area contributed by atoms with E-state index in [2.05, 4.69) is 15.9 Å². The average molecular weight is 661 g/mol. The minimum absolute atomic E-state index is 0.00372. The highest BCUT2D eigenvalue weighted by atomic mass is 79.9. The Balaban J connectivity index is 1.32. The Hall–Kier alpha value is -3.45. The number of ether oxygens (including phenoxy) is 1. The number of carbonyl (C=O) groups excluding carboxylic acids is 3. The van der Waals surface area contributed by atoms with E-state index in [9.17, 15) is 14.4 Å². The topological polar surface area (TPSA) is 63.7 Å². The Morgan fingerprint density at radius 2 is 1.17 bits per heavy atom. The van der Waals surface area contributed by atoms with Crippen molar-refractivity contribution in [2.24, 2.45) is 11.8 Å². The van der Waals surface area contributed by atoms with Crippen molar-refractivity contribution in [1.82, 2.24) is 4.90 Å². The lowest BCUT2D eigenvalue weighted by molar-refractivity contribution is -0.159. The van der Waals surface area contributed by atoms with Gasteiger partial charge < -0.3 is 4.74 Å². The minimum Gasteiger partial charge on any atom is -0.459 e. The second-order valence-corrected chi connectivity index (χ2v) is 13.1. The third kappa shape index (κ3) is 3.85. The van der Waals surface area contributed by atoms with Gasteiger partial charge in [-0.3, -0.25) is 14.5 Å². The van der Waals surface area contributed by atoms with Crippen molar-refractivity contribution in [3.05, 3.63) is 141 Å². The maximum absolute atomic E-state index is 14.5. The molecule has 5 nitrogen and oxygen atoms in total. The highest BCUT2D eigenvalue weighted by Crippen LogP contribution is 2.69. The summed E-state index contributed by atoms with van der Waals surface area (Å²) in [6.45, 7) is -0.00372. The van der Waals surface area contributed by atoms with Crippen LogP contribution in [0.15, 0.2) is 108 Å². The van der Waals surface area contributed by atoms with E-state index >= 15 is 0 Å². The molecule has 2 bridgehead atoms. The van der Waals surface area contributed by atoms with Gasteiger partial charge in [-0.2, -0.15) is 0 Å². The molecule has 4 aromatic carbocycles. The molecule has 0 radical (unpaired) electrons. The second-order valence-electron chi connectivity index (χ2n) is 11.0. The number of nitrogens with zero attached hydrogens (tertiary/aromatic N) is 1. The molecule has 0 unspecified atom stereocenters. The molecule has 1 heterocycles. The van der Waals surface area contributed by atoms with Crippen molar-refractivity contribution in [3.63, 3.8) is 0 Å². The van der Waals surface area contributed by atoms with Gasteiger partial charge in [-0.25, -0.2) is 4.79 Å². The zero-order chi connectivity index (χ0) is 29.2. The summed E-state index contributed by atoms with van der Waals surface area (Å²) in [5, 5.41) is 0. The molecule has 4 aromatic rings. The van der Waals surface area contributed by atoms with E-state index in [0.29, 0.717) is 22.3 Å². The summed E-state index contributed by atoms with van der Waals surface area (Å²) in [5.41, 5.74) is 4.41. The molecule has 0 saturated carbocycles. The van der Waals surface area contributed by atoms with Crippen LogP contribution in [-0.2, 0) is 41.9 Å². The number of likely N-dealkylation sites (tertiary alicyclic amines) is 1. The van der Waals surface area contributed by atoms with Crippen molar-refractivity contribution in [1.29, 1.82) is 0 Å². The zero-order valence-corrected chi connectivity index (χ0v) is 25.3. The molecule has 8 heteroatoms. The second kappa shape index (κ2) is 10.1. The van der Waals surface area contributed by atoms with E-state index in [1.807, 2.05) is 103 Å². The van der Waals surface area contributed by atoms with E-state index in [4.69, 9.17) is 27.9 Å². The number of alkyl halides is 2. The largest absolute Gasteiger partial charge is 0.459 e. The molecular weight excluding hydrogens is 637 g/mol. The summed E-state index contributed by atoms with van der Waals surface area (Å²) in [7, 11) is 0. The summed E-state index contributed by atoms with van der Waals surface area (Å²) >= 11 is 18.5. The lowest BCUT2D eigenvalue weighted by atomic mass is 9.54. The summed E-state index contributed by atoms with van der Waals surface area (Å²) in [4.78, 5) is 41.2. The van der Waals surface area contributed by atoms with Crippen LogP contribution in [0.2, 0.25) is 0 Å². The minimum atomic E-state index is -1.32. The van der Waals surface area contributed by atoms with Crippen LogP contribution in [0.3, 0.4) is 0 Å². The van der Waals surface area contributed by atoms with Crippen LogP contribution in [0.4, 0.5) is 0 Å². The van der Waals surface area contributed by atoms with Gasteiger partial charge in [0.1, 0.15) is 22.4 Å². The molecule has 3 aliphatic carbocycles. The molecule has 2 amide bonds. The van der Waals surface area contributed by atoms with E-state index in [-0.39, 0.29) is 13.0 Å². The number of benzene rings is 4. The Bertz CT molecular complexity index is 1620. The van der Waals surface area contributed by atoms with Gasteiger partial charge in [-0.1, -0.05) is 107 Å². The van der Waals surface area contributed by atoms with Crippen molar-refractivity contribution in [2.45, 2.75) is 28.8 Å². The lowest BCUT2D eigenvalue weighted by Crippen LogP contribution is -2.57. The number of hydrogen-bond acceptors (Lipinski definition) is 4. The molecular formula is C34H24BrCl2NO4. The number of hydrogen-bond donors (Lipinski definition) is 0. The number of halogens is 3. The van der Waals surface area contributed by atoms with Crippen LogP contribution in [-0.4, -0.2) is 28.7 Å². The summed E-state index contributed by atoms with van der Waals surface area (Å²) in [6, 6.07) is 30.4. The Kier molecular flexibility index (Phi) is 6.57. The molecule has 4 aliphatic rings. The van der Waals surface area contributed by atoms with Gasteiger partial charge in [-0.05, 0) is 45.5 Å². The summed E-state index contributed by atoms with van der Waals surface area (Å²) in [5.74, 6) is -3.69. The fourth-order valence-corrected chi connectivity index (χ4v) is 8.31. The number of amides is 2. The quantitative estimate of drug-likeness (QED) is 0.131. The van der Waals surface area contributed by atoms with Gasteiger partial charge in [0.25, 0.3) is 0 Å². The fraction of sp³-hybridized carbons (Fsp3) is 0.206. The van der Waals surface area contributed by atoms with Crippen molar-refractivity contribution >= 4 is 56.9 Å². The van der Waals surface area contributed by atoms with E-state index in [1.165, 1.54) is 0 Å². The molecule has 1 saturated heterocycles. The molecule has 0 spiro atoms. The number of esters is 1.